The fourth-order valence-electron chi connectivity index (χ4n) is 2.69. The van der Waals surface area contributed by atoms with Crippen LogP contribution in [0.2, 0.25) is 0 Å². The van der Waals surface area contributed by atoms with Crippen LogP contribution in [0.15, 0.2) is 53.7 Å². The molecule has 0 aromatic heterocycles. The Balaban J connectivity index is 1.85. The van der Waals surface area contributed by atoms with Gasteiger partial charge in [-0.1, -0.05) is 30.3 Å². The highest BCUT2D eigenvalue weighted by atomic mass is 16.8. The second-order valence-electron chi connectivity index (χ2n) is 6.51. The van der Waals surface area contributed by atoms with Gasteiger partial charge in [0.05, 0.1) is 12.1 Å². The lowest BCUT2D eigenvalue weighted by atomic mass is 10.1. The van der Waals surface area contributed by atoms with Gasteiger partial charge in [0.15, 0.2) is 5.76 Å². The summed E-state index contributed by atoms with van der Waals surface area (Å²) in [6.45, 7) is 5.49. The summed E-state index contributed by atoms with van der Waals surface area (Å²) in [5, 5.41) is 0. The van der Waals surface area contributed by atoms with E-state index in [9.17, 15) is 9.59 Å². The predicted octanol–water partition coefficient (Wildman–Crippen LogP) is 2.44. The first kappa shape index (κ1) is 17.8. The average Bonchev–Trinajstić information content (AvgIpc) is 3.20. The maximum atomic E-state index is 13.0. The van der Waals surface area contributed by atoms with Gasteiger partial charge in [-0.15, -0.1) is 0 Å². The number of amides is 1. The third-order valence-electron chi connectivity index (χ3n) is 3.91. The molecule has 7 nitrogen and oxygen atoms in total. The lowest BCUT2D eigenvalue weighted by Crippen LogP contribution is -2.34. The molecule has 138 valence electrons. The maximum Gasteiger partial charge on any atom is 0.377 e. The molecule has 2 heterocycles. The highest BCUT2D eigenvalue weighted by molar-refractivity contribution is 6.02. The van der Waals surface area contributed by atoms with Crippen LogP contribution < -0.4 is 0 Å². The van der Waals surface area contributed by atoms with Crippen LogP contribution in [0.4, 0.5) is 0 Å². The second-order valence-corrected chi connectivity index (χ2v) is 6.51. The molecule has 26 heavy (non-hydrogen) atoms. The van der Waals surface area contributed by atoms with Crippen molar-refractivity contribution in [3.05, 3.63) is 59.2 Å². The van der Waals surface area contributed by atoms with E-state index < -0.39 is 11.8 Å². The minimum absolute atomic E-state index is 0.0596. The van der Waals surface area contributed by atoms with Crippen LogP contribution in [-0.4, -0.2) is 35.9 Å². The van der Waals surface area contributed by atoms with E-state index in [2.05, 4.69) is 0 Å². The number of carbonyl (C=O) groups excluding carboxylic acids is 2. The molecule has 3 rings (SSSR count). The molecule has 0 bridgehead atoms. The highest BCUT2D eigenvalue weighted by Gasteiger charge is 2.40. The normalized spacial score (nSPS) is 19.7. The Morgan fingerprint density at radius 1 is 1.15 bits per heavy atom. The maximum absolute atomic E-state index is 13.0. The molecule has 2 aliphatic heterocycles. The molecule has 1 saturated heterocycles. The first-order valence-electron chi connectivity index (χ1n) is 8.25. The Bertz CT molecular complexity index is 765. The fraction of sp³-hybridized carbons (Fsp3) is 0.368. The molecule has 1 aromatic rings. The Labute approximate surface area is 151 Å². The van der Waals surface area contributed by atoms with Crippen LogP contribution in [0.3, 0.4) is 0 Å². The van der Waals surface area contributed by atoms with Crippen LogP contribution >= 0.6 is 0 Å². The van der Waals surface area contributed by atoms with Gasteiger partial charge in [-0.3, -0.25) is 4.79 Å². The molecule has 0 spiro atoms. The van der Waals surface area contributed by atoms with Gasteiger partial charge in [0, 0.05) is 20.4 Å². The lowest BCUT2D eigenvalue weighted by Gasteiger charge is -2.23. The van der Waals surface area contributed by atoms with Crippen molar-refractivity contribution in [3.8, 4) is 0 Å². The molecule has 0 N–H and O–H groups in total. The summed E-state index contributed by atoms with van der Waals surface area (Å²) < 4.78 is 21.0. The van der Waals surface area contributed by atoms with Crippen LogP contribution in [0, 0.1) is 0 Å². The van der Waals surface area contributed by atoms with Crippen molar-refractivity contribution in [2.75, 3.05) is 13.3 Å². The zero-order chi connectivity index (χ0) is 18.7. The highest BCUT2D eigenvalue weighted by Crippen LogP contribution is 2.29. The molecule has 0 aliphatic carbocycles. The molecular weight excluding hydrogens is 338 g/mol. The smallest absolute Gasteiger partial charge is 0.377 e. The van der Waals surface area contributed by atoms with Gasteiger partial charge in [0.25, 0.3) is 5.91 Å². The third kappa shape index (κ3) is 3.99. The first-order valence-corrected chi connectivity index (χ1v) is 8.25. The zero-order valence-corrected chi connectivity index (χ0v) is 15.0. The summed E-state index contributed by atoms with van der Waals surface area (Å²) in [6.07, 6.45) is 1.48. The summed E-state index contributed by atoms with van der Waals surface area (Å²) in [5.41, 5.74) is 1.14. The van der Waals surface area contributed by atoms with E-state index >= 15 is 0 Å². The minimum atomic E-state index is -1.08. The molecule has 1 fully saturated rings. The molecule has 1 amide bonds. The molecule has 0 atom stereocenters. The molecule has 7 heteroatoms. The van der Waals surface area contributed by atoms with E-state index in [0.29, 0.717) is 12.3 Å². The SMILES string of the molecule is CC(C(=O)N(CC1=COCO1)Cc1ccccc1)=C1OC(C)(C)OC1=O. The Morgan fingerprint density at radius 2 is 1.88 bits per heavy atom. The number of nitrogens with zero attached hydrogens (tertiary/aromatic N) is 1. The van der Waals surface area contributed by atoms with Crippen LogP contribution in [-0.2, 0) is 35.1 Å². The van der Waals surface area contributed by atoms with Gasteiger partial charge in [-0.05, 0) is 12.5 Å². The van der Waals surface area contributed by atoms with Crippen LogP contribution in [0.25, 0.3) is 0 Å². The van der Waals surface area contributed by atoms with Crippen molar-refractivity contribution < 1.29 is 28.5 Å². The van der Waals surface area contributed by atoms with Gasteiger partial charge in [-0.25, -0.2) is 4.79 Å². The molecular formula is C19H21NO6. The van der Waals surface area contributed by atoms with Crippen molar-refractivity contribution in [1.82, 2.24) is 4.90 Å². The summed E-state index contributed by atoms with van der Waals surface area (Å²) >= 11 is 0. The largest absolute Gasteiger partial charge is 0.462 e. The summed E-state index contributed by atoms with van der Waals surface area (Å²) in [4.78, 5) is 26.6. The quantitative estimate of drug-likeness (QED) is 0.594. The molecule has 0 saturated carbocycles. The number of hydrogen-bond acceptors (Lipinski definition) is 6. The van der Waals surface area contributed by atoms with Gasteiger partial charge < -0.3 is 23.8 Å². The van der Waals surface area contributed by atoms with E-state index in [-0.39, 0.29) is 30.6 Å². The Hall–Kier alpha value is -2.96. The van der Waals surface area contributed by atoms with Gasteiger partial charge in [0.2, 0.25) is 18.3 Å². The van der Waals surface area contributed by atoms with Crippen LogP contribution in [0.1, 0.15) is 26.3 Å². The van der Waals surface area contributed by atoms with E-state index in [4.69, 9.17) is 18.9 Å². The van der Waals surface area contributed by atoms with Gasteiger partial charge in [0.1, 0.15) is 6.26 Å². The number of hydrogen-bond donors (Lipinski definition) is 0. The number of rotatable bonds is 5. The number of benzene rings is 1. The average molecular weight is 359 g/mol. The lowest BCUT2D eigenvalue weighted by molar-refractivity contribution is -0.159. The van der Waals surface area contributed by atoms with E-state index in [0.717, 1.165) is 5.56 Å². The standard InChI is InChI=1S/C19H21NO6/c1-13(16-18(22)26-19(2,3)25-16)17(21)20(10-15-11-23-12-24-15)9-14-7-5-4-6-8-14/h4-8,11H,9-10,12H2,1-3H3. The number of ether oxygens (including phenoxy) is 4. The van der Waals surface area contributed by atoms with Gasteiger partial charge in [-0.2, -0.15) is 0 Å². The molecule has 2 aliphatic rings. The van der Waals surface area contributed by atoms with E-state index in [1.165, 1.54) is 6.26 Å². The van der Waals surface area contributed by atoms with Crippen molar-refractivity contribution >= 4 is 11.9 Å². The van der Waals surface area contributed by atoms with E-state index in [1.54, 1.807) is 25.7 Å². The monoisotopic (exact) mass is 359 g/mol. The summed E-state index contributed by atoms with van der Waals surface area (Å²) in [6, 6.07) is 9.55. The second kappa shape index (κ2) is 7.11. The third-order valence-corrected chi connectivity index (χ3v) is 3.91. The summed E-state index contributed by atoms with van der Waals surface area (Å²) in [7, 11) is 0. The fourth-order valence-corrected chi connectivity index (χ4v) is 2.69. The Morgan fingerprint density at radius 3 is 2.46 bits per heavy atom. The van der Waals surface area contributed by atoms with Crippen molar-refractivity contribution in [2.45, 2.75) is 33.1 Å². The van der Waals surface area contributed by atoms with Gasteiger partial charge >= 0.3 is 5.97 Å². The molecule has 0 unspecified atom stereocenters. The van der Waals surface area contributed by atoms with E-state index in [1.807, 2.05) is 30.3 Å². The number of carbonyl (C=O) groups is 2. The minimum Gasteiger partial charge on any atom is -0.462 e. The summed E-state index contributed by atoms with van der Waals surface area (Å²) in [5.74, 6) is -1.57. The van der Waals surface area contributed by atoms with Crippen molar-refractivity contribution in [1.29, 1.82) is 0 Å². The Kier molecular flexibility index (Phi) is 4.88. The van der Waals surface area contributed by atoms with Crippen LogP contribution in [0.5, 0.6) is 0 Å². The first-order chi connectivity index (χ1) is 12.4. The topological polar surface area (TPSA) is 74.3 Å². The zero-order valence-electron chi connectivity index (χ0n) is 15.0. The van der Waals surface area contributed by atoms with Crippen molar-refractivity contribution in [2.24, 2.45) is 0 Å². The molecule has 1 aromatic carbocycles. The predicted molar refractivity (Wildman–Crippen MR) is 90.9 cm³/mol. The van der Waals surface area contributed by atoms with Crippen molar-refractivity contribution in [3.63, 3.8) is 0 Å². The number of cyclic esters (lactones) is 1. The number of esters is 1. The molecule has 0 radical (unpaired) electrons.